The highest BCUT2D eigenvalue weighted by atomic mass is 35.5. The molecule has 2 aromatic carbocycles. The number of carbonyl (C=O) groups is 1. The first-order valence-corrected chi connectivity index (χ1v) is 18.4. The smallest absolute Gasteiger partial charge is 0.329 e. The molecule has 7 nitrogen and oxygen atoms in total. The number of hydrogen-bond acceptors (Lipinski definition) is 6. The number of carboxylic acids is 1. The van der Waals surface area contributed by atoms with Crippen molar-refractivity contribution in [1.82, 2.24) is 4.98 Å². The highest BCUT2D eigenvalue weighted by molar-refractivity contribution is 6.30. The number of aromatic nitrogens is 1. The van der Waals surface area contributed by atoms with Crippen molar-refractivity contribution in [3.63, 3.8) is 0 Å². The van der Waals surface area contributed by atoms with E-state index in [0.717, 1.165) is 61.5 Å². The molecule has 8 heteroatoms. The molecule has 4 atom stereocenters. The fourth-order valence-corrected chi connectivity index (χ4v) is 9.23. The SMILES string of the molecule is CC[C@H]1COc2cc3c(cc2OC1)C1(CCC(Nc2cccc(Cl)c2)(C(=O)O)CC1)[C@@H](C[C@@H](C)COc1ccnc2c1[C@H](C)CCC2)C3. The van der Waals surface area contributed by atoms with Crippen LogP contribution in [0.3, 0.4) is 0 Å². The summed E-state index contributed by atoms with van der Waals surface area (Å²) >= 11 is 6.28. The van der Waals surface area contributed by atoms with Crippen LogP contribution in [0, 0.1) is 17.8 Å². The average Bonchev–Trinajstić information content (AvgIpc) is 3.20. The number of hydrogen-bond donors (Lipinski definition) is 2. The van der Waals surface area contributed by atoms with Gasteiger partial charge < -0.3 is 24.6 Å². The molecular formula is C40H49ClN2O5. The average molecular weight is 673 g/mol. The third-order valence-corrected chi connectivity index (χ3v) is 12.1. The molecule has 3 aliphatic carbocycles. The van der Waals surface area contributed by atoms with Gasteiger partial charge in [0.2, 0.25) is 0 Å². The predicted molar refractivity (Wildman–Crippen MR) is 189 cm³/mol. The van der Waals surface area contributed by atoms with Crippen molar-refractivity contribution < 1.29 is 24.1 Å². The number of carboxylic acid groups (broad SMARTS) is 1. The van der Waals surface area contributed by atoms with E-state index in [0.29, 0.717) is 61.4 Å². The summed E-state index contributed by atoms with van der Waals surface area (Å²) in [5.41, 5.74) is 4.63. The number of nitrogens with one attached hydrogen (secondary N) is 1. The maximum absolute atomic E-state index is 13.0. The molecule has 0 bridgehead atoms. The minimum atomic E-state index is -1.06. The van der Waals surface area contributed by atoms with Crippen LogP contribution in [0.2, 0.25) is 5.02 Å². The zero-order chi connectivity index (χ0) is 33.5. The largest absolute Gasteiger partial charge is 0.493 e. The molecule has 0 saturated heterocycles. The van der Waals surface area contributed by atoms with Gasteiger partial charge in [-0.3, -0.25) is 4.98 Å². The Hall–Kier alpha value is -3.45. The molecule has 0 radical (unpaired) electrons. The minimum absolute atomic E-state index is 0.155. The lowest BCUT2D eigenvalue weighted by atomic mass is 9.59. The molecular weight excluding hydrogens is 624 g/mol. The van der Waals surface area contributed by atoms with E-state index in [1.165, 1.54) is 35.2 Å². The van der Waals surface area contributed by atoms with Crippen molar-refractivity contribution in [3.8, 4) is 17.2 Å². The van der Waals surface area contributed by atoms with Crippen LogP contribution in [0.15, 0.2) is 48.7 Å². The Labute approximate surface area is 289 Å². The number of aliphatic carboxylic acids is 1. The predicted octanol–water partition coefficient (Wildman–Crippen LogP) is 9.00. The van der Waals surface area contributed by atoms with Gasteiger partial charge in [-0.25, -0.2) is 4.79 Å². The van der Waals surface area contributed by atoms with Crippen LogP contribution in [0.4, 0.5) is 5.69 Å². The first-order chi connectivity index (χ1) is 23.2. The van der Waals surface area contributed by atoms with Gasteiger partial charge in [0.25, 0.3) is 0 Å². The summed E-state index contributed by atoms with van der Waals surface area (Å²) in [4.78, 5) is 17.6. The highest BCUT2D eigenvalue weighted by Crippen LogP contribution is 2.58. The quantitative estimate of drug-likeness (QED) is 0.234. The Balaban J connectivity index is 1.15. The Kier molecular flexibility index (Phi) is 9.27. The van der Waals surface area contributed by atoms with Crippen molar-refractivity contribution in [1.29, 1.82) is 0 Å². The Morgan fingerprint density at radius 3 is 2.62 bits per heavy atom. The number of benzene rings is 2. The molecule has 2 heterocycles. The van der Waals surface area contributed by atoms with Crippen molar-refractivity contribution >= 4 is 23.3 Å². The van der Waals surface area contributed by atoms with E-state index in [4.69, 9.17) is 25.8 Å². The fourth-order valence-electron chi connectivity index (χ4n) is 9.04. The molecule has 1 fully saturated rings. The third kappa shape index (κ3) is 6.23. The van der Waals surface area contributed by atoms with E-state index in [2.05, 4.69) is 43.2 Å². The number of pyridine rings is 1. The van der Waals surface area contributed by atoms with Crippen LogP contribution >= 0.6 is 11.6 Å². The Morgan fingerprint density at radius 2 is 1.90 bits per heavy atom. The van der Waals surface area contributed by atoms with Crippen LogP contribution in [-0.2, 0) is 23.1 Å². The summed E-state index contributed by atoms with van der Waals surface area (Å²) < 4.78 is 19.3. The maximum Gasteiger partial charge on any atom is 0.329 e. The van der Waals surface area contributed by atoms with Crippen molar-refractivity contribution in [2.45, 2.75) is 102 Å². The van der Waals surface area contributed by atoms with Gasteiger partial charge in [-0.05, 0) is 135 Å². The number of halogens is 1. The van der Waals surface area contributed by atoms with Gasteiger partial charge in [-0.15, -0.1) is 0 Å². The monoisotopic (exact) mass is 672 g/mol. The first-order valence-electron chi connectivity index (χ1n) is 18.0. The molecule has 1 aromatic heterocycles. The number of anilines is 1. The first kappa shape index (κ1) is 33.1. The molecule has 1 saturated carbocycles. The Bertz CT molecular complexity index is 1650. The lowest BCUT2D eigenvalue weighted by Gasteiger charge is -2.47. The lowest BCUT2D eigenvalue weighted by molar-refractivity contribution is -0.144. The normalized spacial score (nSPS) is 28.2. The van der Waals surface area contributed by atoms with Gasteiger partial charge in [0.1, 0.15) is 11.3 Å². The standard InChI is InChI=1S/C40H49ClN2O5/c1-4-27-23-47-35-19-28-18-29(17-25(2)22-46-34-11-16-42-33-10-5-7-26(3)37(33)34)39(32(28)21-36(35)48-24-27)12-14-40(15-13-39,38(44)45)43-31-9-6-8-30(41)20-31/h6,8-9,11,16,19-21,25-27,29,43H,4-5,7,10,12-15,17-18,22-24H2,1-3H3,(H,44,45)/t25-,26-,27+,29+,39?,40?/m1/s1. The summed E-state index contributed by atoms with van der Waals surface area (Å²) in [5, 5.41) is 14.6. The summed E-state index contributed by atoms with van der Waals surface area (Å²) in [6, 6.07) is 13.9. The van der Waals surface area contributed by atoms with Crippen LogP contribution < -0.4 is 19.5 Å². The number of fused-ring (bicyclic) bond motifs is 4. The van der Waals surface area contributed by atoms with Gasteiger partial charge in [0.15, 0.2) is 11.5 Å². The molecule has 7 rings (SSSR count). The van der Waals surface area contributed by atoms with E-state index in [1.54, 1.807) is 0 Å². The van der Waals surface area contributed by atoms with Crippen LogP contribution in [0.25, 0.3) is 0 Å². The maximum atomic E-state index is 13.0. The highest BCUT2D eigenvalue weighted by Gasteiger charge is 2.54. The second-order valence-electron chi connectivity index (χ2n) is 15.0. The van der Waals surface area contributed by atoms with Gasteiger partial charge in [-0.2, -0.15) is 0 Å². The fraction of sp³-hybridized carbons (Fsp3) is 0.550. The summed E-state index contributed by atoms with van der Waals surface area (Å²) in [6.45, 7) is 8.72. The molecule has 48 heavy (non-hydrogen) atoms. The molecule has 3 aromatic rings. The number of nitrogens with zero attached hydrogens (tertiary/aromatic N) is 1. The van der Waals surface area contributed by atoms with Crippen molar-refractivity contribution in [3.05, 3.63) is 76.1 Å². The van der Waals surface area contributed by atoms with Crippen LogP contribution in [-0.4, -0.2) is 41.4 Å². The van der Waals surface area contributed by atoms with Gasteiger partial charge in [0, 0.05) is 34.1 Å². The lowest BCUT2D eigenvalue weighted by Crippen LogP contribution is -2.53. The van der Waals surface area contributed by atoms with Crippen molar-refractivity contribution in [2.24, 2.45) is 17.8 Å². The van der Waals surface area contributed by atoms with E-state index in [9.17, 15) is 9.90 Å². The topological polar surface area (TPSA) is 89.9 Å². The van der Waals surface area contributed by atoms with Crippen LogP contribution in [0.5, 0.6) is 17.2 Å². The number of aryl methyl sites for hydroxylation is 1. The minimum Gasteiger partial charge on any atom is -0.493 e. The number of ether oxygens (including phenoxy) is 3. The van der Waals surface area contributed by atoms with E-state index in [-0.39, 0.29) is 5.41 Å². The molecule has 1 aliphatic heterocycles. The van der Waals surface area contributed by atoms with Gasteiger partial charge in [0.05, 0.1) is 19.8 Å². The summed E-state index contributed by atoms with van der Waals surface area (Å²) in [6.07, 6.45) is 10.8. The molecule has 256 valence electrons. The van der Waals surface area contributed by atoms with E-state index in [1.807, 2.05) is 36.5 Å². The second kappa shape index (κ2) is 13.5. The second-order valence-corrected chi connectivity index (χ2v) is 15.5. The van der Waals surface area contributed by atoms with Gasteiger partial charge in [-0.1, -0.05) is 38.4 Å². The van der Waals surface area contributed by atoms with Crippen molar-refractivity contribution in [2.75, 3.05) is 25.1 Å². The number of rotatable bonds is 9. The summed E-state index contributed by atoms with van der Waals surface area (Å²) in [5.74, 6) is 3.34. The molecule has 1 spiro atoms. The Morgan fingerprint density at radius 1 is 1.12 bits per heavy atom. The molecule has 2 N–H and O–H groups in total. The molecule has 0 amide bonds. The zero-order valence-electron chi connectivity index (χ0n) is 28.5. The third-order valence-electron chi connectivity index (χ3n) is 11.9. The zero-order valence-corrected chi connectivity index (χ0v) is 29.3. The van der Waals surface area contributed by atoms with Crippen LogP contribution in [0.1, 0.15) is 100 Å². The van der Waals surface area contributed by atoms with Gasteiger partial charge >= 0.3 is 5.97 Å². The van der Waals surface area contributed by atoms with E-state index >= 15 is 0 Å². The summed E-state index contributed by atoms with van der Waals surface area (Å²) in [7, 11) is 0. The molecule has 0 unspecified atom stereocenters. The molecule has 4 aliphatic rings. The van der Waals surface area contributed by atoms with E-state index < -0.39 is 11.5 Å².